The van der Waals surface area contributed by atoms with Crippen LogP contribution in [0.5, 0.6) is 0 Å². The maximum atomic E-state index is 13.7. The van der Waals surface area contributed by atoms with Gasteiger partial charge in [0.15, 0.2) is 0 Å². The number of benzene rings is 3. The van der Waals surface area contributed by atoms with Crippen LogP contribution in [0, 0.1) is 0 Å². The maximum Gasteiger partial charge on any atom is 0.246 e. The van der Waals surface area contributed by atoms with Crippen molar-refractivity contribution >= 4 is 34.3 Å². The molecular formula is C27H22ClN3O2. The molecule has 164 valence electrons. The number of hydrogen-bond acceptors (Lipinski definition) is 2. The number of aromatic amines is 1. The topological polar surface area (TPSA) is 56.4 Å². The SMILES string of the molecule is O=C1[C@@H]2Cc3c([nH]c4ccccc34)[C@@H](c3ccccc3)N2C(=O)CN1Cc1ccc(Cl)cc1. The highest BCUT2D eigenvalue weighted by Gasteiger charge is 2.48. The minimum atomic E-state index is -0.532. The van der Waals surface area contributed by atoms with Crippen LogP contribution in [-0.2, 0) is 22.6 Å². The first kappa shape index (κ1) is 20.1. The molecule has 1 N–H and O–H groups in total. The monoisotopic (exact) mass is 455 g/mol. The summed E-state index contributed by atoms with van der Waals surface area (Å²) in [5.41, 5.74) is 5.11. The first-order valence-electron chi connectivity index (χ1n) is 11.1. The summed E-state index contributed by atoms with van der Waals surface area (Å²) < 4.78 is 0. The van der Waals surface area contributed by atoms with E-state index in [4.69, 9.17) is 11.6 Å². The van der Waals surface area contributed by atoms with Gasteiger partial charge in [-0.2, -0.15) is 0 Å². The minimum absolute atomic E-state index is 0.0126. The molecule has 6 rings (SSSR count). The number of para-hydroxylation sites is 1. The Balaban J connectivity index is 1.44. The number of carbonyl (C=O) groups excluding carboxylic acids is 2. The van der Waals surface area contributed by atoms with Gasteiger partial charge >= 0.3 is 0 Å². The predicted molar refractivity (Wildman–Crippen MR) is 128 cm³/mol. The zero-order valence-electron chi connectivity index (χ0n) is 17.9. The number of carbonyl (C=O) groups is 2. The fourth-order valence-electron chi connectivity index (χ4n) is 5.25. The van der Waals surface area contributed by atoms with Crippen LogP contribution in [0.25, 0.3) is 10.9 Å². The van der Waals surface area contributed by atoms with Gasteiger partial charge in [-0.15, -0.1) is 0 Å². The summed E-state index contributed by atoms with van der Waals surface area (Å²) >= 11 is 6.01. The smallest absolute Gasteiger partial charge is 0.246 e. The third kappa shape index (κ3) is 3.31. The lowest BCUT2D eigenvalue weighted by Gasteiger charge is -2.47. The van der Waals surface area contributed by atoms with E-state index in [-0.39, 0.29) is 24.4 Å². The molecule has 2 amide bonds. The molecule has 0 spiro atoms. The highest BCUT2D eigenvalue weighted by atomic mass is 35.5. The lowest BCUT2D eigenvalue weighted by atomic mass is 9.86. The predicted octanol–water partition coefficient (Wildman–Crippen LogP) is 4.71. The van der Waals surface area contributed by atoms with E-state index >= 15 is 0 Å². The summed E-state index contributed by atoms with van der Waals surface area (Å²) in [7, 11) is 0. The summed E-state index contributed by atoms with van der Waals surface area (Å²) in [4.78, 5) is 34.3. The van der Waals surface area contributed by atoms with Gasteiger partial charge in [0.2, 0.25) is 11.8 Å². The second-order valence-corrected chi connectivity index (χ2v) is 9.15. The standard InChI is InChI=1S/C27H22ClN3O2/c28-19-12-10-17(11-13-19)15-30-16-24(32)31-23(27(30)33)14-21-20-8-4-5-9-22(20)29-25(21)26(31)18-6-2-1-3-7-18/h1-13,23,26,29H,14-16H2/t23-,26+/m0/s1. The van der Waals surface area contributed by atoms with Crippen LogP contribution >= 0.6 is 11.6 Å². The molecule has 6 heteroatoms. The van der Waals surface area contributed by atoms with E-state index in [1.165, 1.54) is 0 Å². The molecule has 0 radical (unpaired) electrons. The molecule has 0 aliphatic carbocycles. The molecule has 3 aromatic carbocycles. The Morgan fingerprint density at radius 1 is 0.909 bits per heavy atom. The average molecular weight is 456 g/mol. The Bertz CT molecular complexity index is 1360. The molecule has 0 bridgehead atoms. The van der Waals surface area contributed by atoms with Crippen LogP contribution in [0.15, 0.2) is 78.9 Å². The average Bonchev–Trinajstić information content (AvgIpc) is 3.21. The lowest BCUT2D eigenvalue weighted by Crippen LogP contribution is -2.62. The lowest BCUT2D eigenvalue weighted by molar-refractivity contribution is -0.159. The zero-order valence-corrected chi connectivity index (χ0v) is 18.6. The van der Waals surface area contributed by atoms with E-state index in [1.54, 1.807) is 9.80 Å². The van der Waals surface area contributed by atoms with Crippen molar-refractivity contribution in [3.8, 4) is 0 Å². The molecule has 1 aromatic heterocycles. The van der Waals surface area contributed by atoms with E-state index in [0.29, 0.717) is 18.0 Å². The van der Waals surface area contributed by atoms with Crippen molar-refractivity contribution < 1.29 is 9.59 Å². The molecule has 2 aliphatic rings. The van der Waals surface area contributed by atoms with E-state index in [2.05, 4.69) is 11.1 Å². The van der Waals surface area contributed by atoms with Crippen LogP contribution < -0.4 is 0 Å². The Kier molecular flexibility index (Phi) is 4.73. The van der Waals surface area contributed by atoms with E-state index in [0.717, 1.165) is 33.3 Å². The van der Waals surface area contributed by atoms with E-state index in [9.17, 15) is 9.59 Å². The van der Waals surface area contributed by atoms with Crippen LogP contribution in [0.4, 0.5) is 0 Å². The number of rotatable bonds is 3. The van der Waals surface area contributed by atoms with Gasteiger partial charge in [0.25, 0.3) is 0 Å². The van der Waals surface area contributed by atoms with Gasteiger partial charge in [-0.3, -0.25) is 9.59 Å². The van der Waals surface area contributed by atoms with Crippen LogP contribution in [0.3, 0.4) is 0 Å². The second-order valence-electron chi connectivity index (χ2n) is 8.72. The van der Waals surface area contributed by atoms with Gasteiger partial charge in [-0.05, 0) is 34.9 Å². The van der Waals surface area contributed by atoms with Gasteiger partial charge in [-0.1, -0.05) is 72.3 Å². The van der Waals surface area contributed by atoms with Crippen molar-refractivity contribution in [3.05, 3.63) is 106 Å². The van der Waals surface area contributed by atoms with Crippen molar-refractivity contribution in [1.82, 2.24) is 14.8 Å². The van der Waals surface area contributed by atoms with Crippen LogP contribution in [0.2, 0.25) is 5.02 Å². The summed E-state index contributed by atoms with van der Waals surface area (Å²) in [5.74, 6) is -0.0480. The normalized spacial score (nSPS) is 20.2. The molecule has 1 fully saturated rings. The number of halogens is 1. The number of fused-ring (bicyclic) bond motifs is 4. The molecular weight excluding hydrogens is 434 g/mol. The zero-order chi connectivity index (χ0) is 22.5. The molecule has 5 nitrogen and oxygen atoms in total. The number of hydrogen-bond donors (Lipinski definition) is 1. The van der Waals surface area contributed by atoms with Crippen LogP contribution in [-0.4, -0.2) is 39.2 Å². The Hall–Kier alpha value is -3.57. The third-order valence-corrected chi connectivity index (χ3v) is 7.00. The largest absolute Gasteiger partial charge is 0.356 e. The fourth-order valence-corrected chi connectivity index (χ4v) is 5.38. The van der Waals surface area contributed by atoms with Gasteiger partial charge in [0.1, 0.15) is 12.6 Å². The Labute approximate surface area is 196 Å². The number of nitrogens with one attached hydrogen (secondary N) is 1. The number of amides is 2. The van der Waals surface area contributed by atoms with Crippen molar-refractivity contribution in [1.29, 1.82) is 0 Å². The first-order chi connectivity index (χ1) is 16.1. The van der Waals surface area contributed by atoms with Crippen molar-refractivity contribution in [3.63, 3.8) is 0 Å². The first-order valence-corrected chi connectivity index (χ1v) is 11.5. The number of piperazine rings is 1. The second kappa shape index (κ2) is 7.78. The summed E-state index contributed by atoms with van der Waals surface area (Å²) in [5, 5.41) is 1.76. The molecule has 0 unspecified atom stereocenters. The van der Waals surface area contributed by atoms with E-state index in [1.807, 2.05) is 72.8 Å². The summed E-state index contributed by atoms with van der Waals surface area (Å²) in [6, 6.07) is 24.7. The van der Waals surface area contributed by atoms with E-state index < -0.39 is 6.04 Å². The maximum absolute atomic E-state index is 13.7. The summed E-state index contributed by atoms with van der Waals surface area (Å²) in [6.45, 7) is 0.458. The van der Waals surface area contributed by atoms with Crippen molar-refractivity contribution in [2.24, 2.45) is 0 Å². The quantitative estimate of drug-likeness (QED) is 0.486. The highest BCUT2D eigenvalue weighted by molar-refractivity contribution is 6.30. The molecule has 2 atom stereocenters. The Morgan fingerprint density at radius 3 is 2.42 bits per heavy atom. The van der Waals surface area contributed by atoms with Crippen LogP contribution in [0.1, 0.15) is 28.4 Å². The number of nitrogens with zero attached hydrogens (tertiary/aromatic N) is 2. The van der Waals surface area contributed by atoms with Crippen molar-refractivity contribution in [2.45, 2.75) is 25.0 Å². The molecule has 1 saturated heterocycles. The third-order valence-electron chi connectivity index (χ3n) is 6.74. The number of aromatic nitrogens is 1. The molecule has 0 saturated carbocycles. The Morgan fingerprint density at radius 2 is 1.64 bits per heavy atom. The van der Waals surface area contributed by atoms with Gasteiger partial charge in [0, 0.05) is 34.6 Å². The van der Waals surface area contributed by atoms with Crippen molar-refractivity contribution in [2.75, 3.05) is 6.54 Å². The minimum Gasteiger partial charge on any atom is -0.356 e. The van der Waals surface area contributed by atoms with Gasteiger partial charge in [-0.25, -0.2) is 0 Å². The number of H-pyrrole nitrogens is 1. The molecule has 3 heterocycles. The van der Waals surface area contributed by atoms with Gasteiger partial charge < -0.3 is 14.8 Å². The molecule has 33 heavy (non-hydrogen) atoms. The highest BCUT2D eigenvalue weighted by Crippen LogP contribution is 2.42. The molecule has 2 aliphatic heterocycles. The van der Waals surface area contributed by atoms with Gasteiger partial charge in [0.05, 0.1) is 6.04 Å². The fraction of sp³-hybridized carbons (Fsp3) is 0.185. The molecule has 4 aromatic rings. The summed E-state index contributed by atoms with van der Waals surface area (Å²) in [6.07, 6.45) is 0.504.